The molecule has 0 aromatic heterocycles. The van der Waals surface area contributed by atoms with E-state index in [4.69, 9.17) is 9.47 Å². The predicted octanol–water partition coefficient (Wildman–Crippen LogP) is 6.29. The lowest BCUT2D eigenvalue weighted by Crippen LogP contribution is -2.37. The van der Waals surface area contributed by atoms with Gasteiger partial charge in [-0.15, -0.1) is 0 Å². The fraction of sp³-hybridized carbons (Fsp3) is 0.880. The van der Waals surface area contributed by atoms with Gasteiger partial charge in [-0.25, -0.2) is 0 Å². The Morgan fingerprint density at radius 1 is 0.724 bits per heavy atom. The van der Waals surface area contributed by atoms with Crippen molar-refractivity contribution in [2.45, 2.75) is 96.8 Å². The first kappa shape index (κ1) is 28.1. The zero-order valence-corrected chi connectivity index (χ0v) is 20.1. The molecule has 0 saturated heterocycles. The number of unbranched alkanes of at least 4 members (excludes halogenated alkanes) is 11. The van der Waals surface area contributed by atoms with Crippen LogP contribution in [0.25, 0.3) is 0 Å². The van der Waals surface area contributed by atoms with Crippen LogP contribution in [-0.2, 0) is 14.3 Å². The minimum atomic E-state index is -0.0853. The molecule has 0 fully saturated rings. The third kappa shape index (κ3) is 25.1. The summed E-state index contributed by atoms with van der Waals surface area (Å²) in [7, 11) is 6.41. The molecule has 0 radical (unpaired) electrons. The van der Waals surface area contributed by atoms with Crippen molar-refractivity contribution in [2.24, 2.45) is 0 Å². The zero-order chi connectivity index (χ0) is 21.6. The minimum Gasteiger partial charge on any atom is -0.463 e. The summed E-state index contributed by atoms with van der Waals surface area (Å²) in [6.45, 7) is 4.81. The highest BCUT2D eigenvalue weighted by Crippen LogP contribution is 2.10. The number of ether oxygens (including phenoxy) is 2. The molecule has 0 aliphatic heterocycles. The average Bonchev–Trinajstić information content (AvgIpc) is 2.66. The first-order chi connectivity index (χ1) is 14.0. The van der Waals surface area contributed by atoms with Gasteiger partial charge in [0.15, 0.2) is 0 Å². The van der Waals surface area contributed by atoms with Crippen LogP contribution in [0.2, 0.25) is 0 Å². The van der Waals surface area contributed by atoms with Gasteiger partial charge >= 0.3 is 5.97 Å². The number of carbonyl (C=O) groups excluding carboxylic acids is 1. The Kier molecular flexibility index (Phi) is 19.8. The Bertz CT molecular complexity index is 388. The number of likely N-dealkylation sites (N-methyl/N-ethyl adjacent to an activating group) is 1. The highest BCUT2D eigenvalue weighted by molar-refractivity contribution is 5.69. The lowest BCUT2D eigenvalue weighted by atomic mass is 10.1. The topological polar surface area (TPSA) is 35.5 Å². The molecule has 0 heterocycles. The van der Waals surface area contributed by atoms with E-state index in [2.05, 4.69) is 40.2 Å². The second-order valence-corrected chi connectivity index (χ2v) is 9.18. The summed E-state index contributed by atoms with van der Waals surface area (Å²) in [6.07, 6.45) is 21.8. The van der Waals surface area contributed by atoms with E-state index >= 15 is 0 Å². The van der Waals surface area contributed by atoms with Crippen LogP contribution in [0, 0.1) is 0 Å². The van der Waals surface area contributed by atoms with Gasteiger partial charge in [-0.2, -0.15) is 0 Å². The molecule has 0 bridgehead atoms. The van der Waals surface area contributed by atoms with Crippen molar-refractivity contribution in [3.05, 3.63) is 12.2 Å². The van der Waals surface area contributed by atoms with Gasteiger partial charge in [-0.05, 0) is 32.1 Å². The first-order valence-electron chi connectivity index (χ1n) is 12.1. The van der Waals surface area contributed by atoms with Crippen LogP contribution < -0.4 is 0 Å². The van der Waals surface area contributed by atoms with Crippen molar-refractivity contribution in [1.82, 2.24) is 0 Å². The van der Waals surface area contributed by atoms with E-state index in [1.54, 1.807) is 0 Å². The summed E-state index contributed by atoms with van der Waals surface area (Å²) in [5, 5.41) is 0. The summed E-state index contributed by atoms with van der Waals surface area (Å²) >= 11 is 0. The smallest absolute Gasteiger partial charge is 0.305 e. The Hall–Kier alpha value is -0.870. The standard InChI is InChI=1S/C25H50NO3/c1-5-6-7-8-9-10-11-12-13-14-15-16-17-18-19-20-25(27)29-24-23-28-22-21-26(2,3)4/h12-13H,5-11,14-24H2,1-4H3/q+1/b13-12-. The average molecular weight is 413 g/mol. The minimum absolute atomic E-state index is 0.0853. The van der Waals surface area contributed by atoms with Gasteiger partial charge in [0.25, 0.3) is 0 Å². The molecule has 0 aromatic rings. The molecule has 29 heavy (non-hydrogen) atoms. The quantitative estimate of drug-likeness (QED) is 0.0961. The number of hydrogen-bond acceptors (Lipinski definition) is 3. The number of rotatable bonds is 21. The third-order valence-corrected chi connectivity index (χ3v) is 5.04. The molecular weight excluding hydrogens is 362 g/mol. The second-order valence-electron chi connectivity index (χ2n) is 9.18. The Morgan fingerprint density at radius 2 is 1.28 bits per heavy atom. The van der Waals surface area contributed by atoms with Crippen LogP contribution in [0.3, 0.4) is 0 Å². The Labute approximate surface area is 181 Å². The molecule has 0 unspecified atom stereocenters. The van der Waals surface area contributed by atoms with Crippen molar-refractivity contribution >= 4 is 5.97 Å². The number of allylic oxidation sites excluding steroid dienone is 2. The fourth-order valence-corrected chi connectivity index (χ4v) is 3.07. The number of esters is 1. The van der Waals surface area contributed by atoms with Crippen LogP contribution >= 0.6 is 0 Å². The number of quaternary nitrogens is 1. The molecule has 0 N–H and O–H groups in total. The molecule has 0 aromatic carbocycles. The first-order valence-corrected chi connectivity index (χ1v) is 12.1. The Balaban J connectivity index is 3.25. The zero-order valence-electron chi connectivity index (χ0n) is 20.1. The van der Waals surface area contributed by atoms with Crippen molar-refractivity contribution in [2.75, 3.05) is 47.5 Å². The van der Waals surface area contributed by atoms with E-state index < -0.39 is 0 Å². The molecule has 0 amide bonds. The summed E-state index contributed by atoms with van der Waals surface area (Å²) in [5.41, 5.74) is 0. The van der Waals surface area contributed by atoms with Crippen LogP contribution in [0.15, 0.2) is 12.2 Å². The molecule has 0 rings (SSSR count). The summed E-state index contributed by atoms with van der Waals surface area (Å²) in [5.74, 6) is -0.0853. The number of hydrogen-bond donors (Lipinski definition) is 0. The van der Waals surface area contributed by atoms with Gasteiger partial charge in [0.1, 0.15) is 13.2 Å². The van der Waals surface area contributed by atoms with E-state index in [9.17, 15) is 4.79 Å². The van der Waals surface area contributed by atoms with E-state index in [-0.39, 0.29) is 5.97 Å². The normalized spacial score (nSPS) is 12.0. The van der Waals surface area contributed by atoms with Gasteiger partial charge in [0, 0.05) is 6.42 Å². The van der Waals surface area contributed by atoms with Gasteiger partial charge in [-0.3, -0.25) is 4.79 Å². The third-order valence-electron chi connectivity index (χ3n) is 5.04. The van der Waals surface area contributed by atoms with Gasteiger partial charge < -0.3 is 14.0 Å². The van der Waals surface area contributed by atoms with E-state index in [1.165, 1.54) is 70.6 Å². The van der Waals surface area contributed by atoms with E-state index in [0.717, 1.165) is 23.9 Å². The predicted molar refractivity (Wildman–Crippen MR) is 124 cm³/mol. The van der Waals surface area contributed by atoms with Crippen molar-refractivity contribution in [3.63, 3.8) is 0 Å². The molecule has 4 nitrogen and oxygen atoms in total. The number of nitrogens with zero attached hydrogens (tertiary/aromatic N) is 1. The molecule has 172 valence electrons. The lowest BCUT2D eigenvalue weighted by molar-refractivity contribution is -0.870. The lowest BCUT2D eigenvalue weighted by Gasteiger charge is -2.23. The van der Waals surface area contributed by atoms with E-state index in [0.29, 0.717) is 26.2 Å². The maximum Gasteiger partial charge on any atom is 0.305 e. The molecule has 0 saturated carbocycles. The molecule has 0 aliphatic carbocycles. The monoisotopic (exact) mass is 412 g/mol. The summed E-state index contributed by atoms with van der Waals surface area (Å²) < 4.78 is 11.6. The molecule has 0 atom stereocenters. The molecule has 0 spiro atoms. The van der Waals surface area contributed by atoms with Gasteiger partial charge in [0.2, 0.25) is 0 Å². The number of carbonyl (C=O) groups is 1. The van der Waals surface area contributed by atoms with Crippen LogP contribution in [0.1, 0.15) is 96.8 Å². The van der Waals surface area contributed by atoms with Crippen molar-refractivity contribution in [1.29, 1.82) is 0 Å². The van der Waals surface area contributed by atoms with E-state index in [1.807, 2.05) is 0 Å². The maximum atomic E-state index is 11.7. The summed E-state index contributed by atoms with van der Waals surface area (Å²) in [4.78, 5) is 11.7. The van der Waals surface area contributed by atoms with Crippen molar-refractivity contribution < 1.29 is 18.8 Å². The SMILES string of the molecule is CCCCCCCC/C=C\CCCCCCCC(=O)OCCOCC[N+](C)(C)C. The second kappa shape index (κ2) is 20.4. The molecule has 0 aliphatic rings. The van der Waals surface area contributed by atoms with Gasteiger partial charge in [-0.1, -0.05) is 70.4 Å². The molecular formula is C25H50NO3+. The fourth-order valence-electron chi connectivity index (χ4n) is 3.07. The largest absolute Gasteiger partial charge is 0.463 e. The van der Waals surface area contributed by atoms with Gasteiger partial charge in [0.05, 0.1) is 34.4 Å². The highest BCUT2D eigenvalue weighted by atomic mass is 16.6. The Morgan fingerprint density at radius 3 is 1.86 bits per heavy atom. The van der Waals surface area contributed by atoms with Crippen LogP contribution in [-0.4, -0.2) is 58.0 Å². The van der Waals surface area contributed by atoms with Crippen LogP contribution in [0.5, 0.6) is 0 Å². The van der Waals surface area contributed by atoms with Crippen LogP contribution in [0.4, 0.5) is 0 Å². The highest BCUT2D eigenvalue weighted by Gasteiger charge is 2.06. The maximum absolute atomic E-state index is 11.7. The summed E-state index contributed by atoms with van der Waals surface area (Å²) in [6, 6.07) is 0. The molecule has 4 heteroatoms. The van der Waals surface area contributed by atoms with Crippen molar-refractivity contribution in [3.8, 4) is 0 Å².